The molecule has 0 bridgehead atoms. The Morgan fingerprint density at radius 1 is 1.08 bits per heavy atom. The topological polar surface area (TPSA) is 48.7 Å². The average molecular weight is 362 g/mol. The van der Waals surface area contributed by atoms with Gasteiger partial charge in [0.15, 0.2) is 0 Å². The normalized spacial score (nSPS) is 16.1. The number of halogens is 1. The van der Waals surface area contributed by atoms with E-state index in [0.29, 0.717) is 18.1 Å². The van der Waals surface area contributed by atoms with Crippen LogP contribution in [0.15, 0.2) is 40.8 Å². The molecule has 1 fully saturated rings. The zero-order valence-electron chi connectivity index (χ0n) is 14.5. The zero-order valence-corrected chi connectivity index (χ0v) is 15.3. The van der Waals surface area contributed by atoms with Crippen LogP contribution < -0.4 is 5.32 Å². The second kappa shape index (κ2) is 8.52. The van der Waals surface area contributed by atoms with Gasteiger partial charge in [0.2, 0.25) is 5.91 Å². The number of rotatable bonds is 6. The van der Waals surface area contributed by atoms with Crippen LogP contribution in [0.3, 0.4) is 0 Å². The van der Waals surface area contributed by atoms with Gasteiger partial charge in [-0.15, -0.1) is 0 Å². The van der Waals surface area contributed by atoms with Crippen molar-refractivity contribution in [3.05, 3.63) is 47.2 Å². The summed E-state index contributed by atoms with van der Waals surface area (Å²) in [5.74, 6) is 1.56. The molecule has 0 spiro atoms. The van der Waals surface area contributed by atoms with E-state index in [-0.39, 0.29) is 5.91 Å². The molecular weight excluding hydrogens is 338 g/mol. The SMILES string of the molecule is CCN1CCN(CC(=O)NCc2ccc(-c3ccc(Cl)cc3)o2)CC1. The van der Waals surface area contributed by atoms with Crippen LogP contribution in [0.25, 0.3) is 11.3 Å². The summed E-state index contributed by atoms with van der Waals surface area (Å²) in [5, 5.41) is 3.63. The van der Waals surface area contributed by atoms with Crippen LogP contribution in [0.1, 0.15) is 12.7 Å². The summed E-state index contributed by atoms with van der Waals surface area (Å²) in [5.41, 5.74) is 0.968. The van der Waals surface area contributed by atoms with Crippen molar-refractivity contribution in [2.24, 2.45) is 0 Å². The fourth-order valence-electron chi connectivity index (χ4n) is 2.95. The lowest BCUT2D eigenvalue weighted by atomic mass is 10.2. The summed E-state index contributed by atoms with van der Waals surface area (Å²) < 4.78 is 5.80. The fourth-order valence-corrected chi connectivity index (χ4v) is 3.08. The first-order valence-corrected chi connectivity index (χ1v) is 9.08. The van der Waals surface area contributed by atoms with E-state index in [1.165, 1.54) is 0 Å². The molecule has 1 amide bonds. The van der Waals surface area contributed by atoms with E-state index in [2.05, 4.69) is 22.0 Å². The van der Waals surface area contributed by atoms with Crippen LogP contribution in [0, 0.1) is 0 Å². The zero-order chi connectivity index (χ0) is 17.6. The summed E-state index contributed by atoms with van der Waals surface area (Å²) in [6.45, 7) is 8.06. The third kappa shape index (κ3) is 5.08. The Morgan fingerprint density at radius 2 is 1.76 bits per heavy atom. The maximum Gasteiger partial charge on any atom is 0.234 e. The van der Waals surface area contributed by atoms with Crippen LogP contribution in [-0.4, -0.2) is 55.0 Å². The maximum absolute atomic E-state index is 12.1. The van der Waals surface area contributed by atoms with Crippen molar-refractivity contribution in [3.8, 4) is 11.3 Å². The van der Waals surface area contributed by atoms with Crippen molar-refractivity contribution in [2.75, 3.05) is 39.3 Å². The van der Waals surface area contributed by atoms with Crippen molar-refractivity contribution in [2.45, 2.75) is 13.5 Å². The van der Waals surface area contributed by atoms with Crippen molar-refractivity contribution >= 4 is 17.5 Å². The van der Waals surface area contributed by atoms with Crippen LogP contribution in [0.4, 0.5) is 0 Å². The van der Waals surface area contributed by atoms with E-state index < -0.39 is 0 Å². The van der Waals surface area contributed by atoms with Gasteiger partial charge in [-0.3, -0.25) is 9.69 Å². The van der Waals surface area contributed by atoms with Gasteiger partial charge in [-0.05, 0) is 42.9 Å². The molecule has 0 radical (unpaired) electrons. The maximum atomic E-state index is 12.1. The van der Waals surface area contributed by atoms with Crippen molar-refractivity contribution in [3.63, 3.8) is 0 Å². The largest absolute Gasteiger partial charge is 0.459 e. The lowest BCUT2D eigenvalue weighted by Gasteiger charge is -2.33. The summed E-state index contributed by atoms with van der Waals surface area (Å²) in [6.07, 6.45) is 0. The van der Waals surface area contributed by atoms with Gasteiger partial charge in [-0.1, -0.05) is 18.5 Å². The molecule has 0 atom stereocenters. The molecule has 5 nitrogen and oxygen atoms in total. The number of piperazine rings is 1. The van der Waals surface area contributed by atoms with E-state index >= 15 is 0 Å². The number of nitrogens with one attached hydrogen (secondary N) is 1. The molecule has 6 heteroatoms. The number of carbonyl (C=O) groups excluding carboxylic acids is 1. The summed E-state index contributed by atoms with van der Waals surface area (Å²) in [6, 6.07) is 11.3. The molecule has 1 saturated heterocycles. The Hall–Kier alpha value is -1.82. The highest BCUT2D eigenvalue weighted by molar-refractivity contribution is 6.30. The van der Waals surface area contributed by atoms with E-state index in [1.807, 2.05) is 36.4 Å². The van der Waals surface area contributed by atoms with Crippen LogP contribution >= 0.6 is 11.6 Å². The van der Waals surface area contributed by atoms with Crippen molar-refractivity contribution in [1.29, 1.82) is 0 Å². The smallest absolute Gasteiger partial charge is 0.234 e. The van der Waals surface area contributed by atoms with Crippen LogP contribution in [-0.2, 0) is 11.3 Å². The van der Waals surface area contributed by atoms with Crippen LogP contribution in [0.5, 0.6) is 0 Å². The molecule has 1 N–H and O–H groups in total. The molecule has 1 aromatic carbocycles. The Balaban J connectivity index is 1.46. The minimum atomic E-state index is 0.0365. The van der Waals surface area contributed by atoms with Crippen LogP contribution in [0.2, 0.25) is 5.02 Å². The van der Waals surface area contributed by atoms with Gasteiger partial charge in [0.05, 0.1) is 13.1 Å². The van der Waals surface area contributed by atoms with E-state index in [0.717, 1.165) is 49.8 Å². The van der Waals surface area contributed by atoms with E-state index in [1.54, 1.807) is 0 Å². The average Bonchev–Trinajstić information content (AvgIpc) is 3.10. The number of hydrogen-bond acceptors (Lipinski definition) is 4. The summed E-state index contributed by atoms with van der Waals surface area (Å²) in [4.78, 5) is 16.7. The van der Waals surface area contributed by atoms with Gasteiger partial charge in [-0.25, -0.2) is 0 Å². The quantitative estimate of drug-likeness (QED) is 0.859. The number of nitrogens with zero attached hydrogens (tertiary/aromatic N) is 2. The number of likely N-dealkylation sites (N-methyl/N-ethyl adjacent to an activating group) is 1. The first-order chi connectivity index (χ1) is 12.1. The molecular formula is C19H24ClN3O2. The van der Waals surface area contributed by atoms with Crippen molar-refractivity contribution in [1.82, 2.24) is 15.1 Å². The van der Waals surface area contributed by atoms with Gasteiger partial charge in [0.1, 0.15) is 11.5 Å². The van der Waals surface area contributed by atoms with E-state index in [9.17, 15) is 4.79 Å². The number of hydrogen-bond donors (Lipinski definition) is 1. The molecule has 0 aliphatic carbocycles. The van der Waals surface area contributed by atoms with E-state index in [4.69, 9.17) is 16.0 Å². The minimum absolute atomic E-state index is 0.0365. The first-order valence-electron chi connectivity index (χ1n) is 8.70. The third-order valence-corrected chi connectivity index (χ3v) is 4.78. The highest BCUT2D eigenvalue weighted by atomic mass is 35.5. The molecule has 1 aromatic heterocycles. The number of amides is 1. The molecule has 1 aliphatic heterocycles. The number of carbonyl (C=O) groups is 1. The number of furan rings is 1. The van der Waals surface area contributed by atoms with Gasteiger partial charge < -0.3 is 14.6 Å². The van der Waals surface area contributed by atoms with Gasteiger partial charge >= 0.3 is 0 Å². The van der Waals surface area contributed by atoms with Gasteiger partial charge in [0, 0.05) is 36.8 Å². The fraction of sp³-hybridized carbons (Fsp3) is 0.421. The molecule has 0 saturated carbocycles. The number of benzene rings is 1. The standard InChI is InChI=1S/C19H24ClN3O2/c1-2-22-9-11-23(12-10-22)14-19(24)21-13-17-7-8-18(25-17)15-3-5-16(20)6-4-15/h3-8H,2,9-14H2,1H3,(H,21,24). The summed E-state index contributed by atoms with van der Waals surface area (Å²) in [7, 11) is 0. The minimum Gasteiger partial charge on any atom is -0.459 e. The molecule has 2 heterocycles. The third-order valence-electron chi connectivity index (χ3n) is 4.53. The Bertz CT molecular complexity index is 691. The van der Waals surface area contributed by atoms with Crippen molar-refractivity contribution < 1.29 is 9.21 Å². The molecule has 0 unspecified atom stereocenters. The monoisotopic (exact) mass is 361 g/mol. The predicted octanol–water partition coefficient (Wildman–Crippen LogP) is 2.85. The highest BCUT2D eigenvalue weighted by Crippen LogP contribution is 2.23. The second-order valence-corrected chi connectivity index (χ2v) is 6.70. The first kappa shape index (κ1) is 18.0. The predicted molar refractivity (Wildman–Crippen MR) is 99.6 cm³/mol. The van der Waals surface area contributed by atoms with Gasteiger partial charge in [0.25, 0.3) is 0 Å². The molecule has 134 valence electrons. The summed E-state index contributed by atoms with van der Waals surface area (Å²) >= 11 is 5.90. The Kier molecular flexibility index (Phi) is 6.13. The van der Waals surface area contributed by atoms with Gasteiger partial charge in [-0.2, -0.15) is 0 Å². The lowest BCUT2D eigenvalue weighted by Crippen LogP contribution is -2.49. The Labute approximate surface area is 153 Å². The Morgan fingerprint density at radius 3 is 2.44 bits per heavy atom. The molecule has 2 aromatic rings. The highest BCUT2D eigenvalue weighted by Gasteiger charge is 2.17. The molecule has 1 aliphatic rings. The molecule has 3 rings (SSSR count). The second-order valence-electron chi connectivity index (χ2n) is 6.26. The molecule has 25 heavy (non-hydrogen) atoms. The lowest BCUT2D eigenvalue weighted by molar-refractivity contribution is -0.122.